The fourth-order valence-corrected chi connectivity index (χ4v) is 1.69. The summed E-state index contributed by atoms with van der Waals surface area (Å²) in [6, 6.07) is 3.33. The van der Waals surface area contributed by atoms with Gasteiger partial charge in [0.05, 0.1) is 0 Å². The van der Waals surface area contributed by atoms with Crippen LogP contribution in [0.3, 0.4) is 0 Å². The van der Waals surface area contributed by atoms with E-state index >= 15 is 0 Å². The minimum absolute atomic E-state index is 0.189. The van der Waals surface area contributed by atoms with E-state index in [4.69, 9.17) is 4.52 Å². The normalized spacial score (nSPS) is 13.3. The van der Waals surface area contributed by atoms with E-state index in [-0.39, 0.29) is 17.4 Å². The molecule has 22 heavy (non-hydrogen) atoms. The predicted octanol–water partition coefficient (Wildman–Crippen LogP) is 2.65. The lowest BCUT2D eigenvalue weighted by Crippen LogP contribution is -2.25. The molecule has 0 saturated carbocycles. The lowest BCUT2D eigenvalue weighted by Gasteiger charge is -2.11. The van der Waals surface area contributed by atoms with Gasteiger partial charge in [-0.1, -0.05) is 32.0 Å². The van der Waals surface area contributed by atoms with Crippen molar-refractivity contribution in [1.29, 1.82) is 0 Å². The molecule has 0 aliphatic carbocycles. The van der Waals surface area contributed by atoms with E-state index in [0.717, 1.165) is 5.56 Å². The van der Waals surface area contributed by atoms with Crippen LogP contribution in [-0.4, -0.2) is 21.0 Å². The van der Waals surface area contributed by atoms with Gasteiger partial charge in [0.2, 0.25) is 11.8 Å². The number of amides is 1. The predicted molar refractivity (Wildman–Crippen MR) is 82.8 cm³/mol. The molecule has 6 heteroatoms. The Balaban J connectivity index is 1.97. The molecule has 2 aromatic heterocycles. The molecule has 1 amide bonds. The SMILES string of the molecule is C[C@H](NC(=O)/C=C\c1cccnc1)c1nc(C(C)(C)C)no1. The molecule has 0 saturated heterocycles. The van der Waals surface area contributed by atoms with Crippen molar-refractivity contribution >= 4 is 12.0 Å². The molecule has 0 unspecified atom stereocenters. The molecule has 116 valence electrons. The molecule has 2 aromatic rings. The zero-order chi connectivity index (χ0) is 16.2. The molecular formula is C16H20N4O2. The number of carbonyl (C=O) groups is 1. The first-order valence-electron chi connectivity index (χ1n) is 7.09. The van der Waals surface area contributed by atoms with Gasteiger partial charge in [-0.25, -0.2) is 0 Å². The number of nitrogens with zero attached hydrogens (tertiary/aromatic N) is 3. The number of aromatic nitrogens is 3. The number of carbonyl (C=O) groups excluding carboxylic acids is 1. The van der Waals surface area contributed by atoms with Gasteiger partial charge in [-0.3, -0.25) is 9.78 Å². The lowest BCUT2D eigenvalue weighted by molar-refractivity contribution is -0.117. The maximum absolute atomic E-state index is 11.9. The molecule has 2 heterocycles. The zero-order valence-corrected chi connectivity index (χ0v) is 13.2. The molecule has 0 bridgehead atoms. The average molecular weight is 300 g/mol. The summed E-state index contributed by atoms with van der Waals surface area (Å²) in [4.78, 5) is 20.2. The summed E-state index contributed by atoms with van der Waals surface area (Å²) >= 11 is 0. The Hall–Kier alpha value is -2.50. The molecule has 0 radical (unpaired) electrons. The largest absolute Gasteiger partial charge is 0.341 e. The van der Waals surface area contributed by atoms with Gasteiger partial charge in [0, 0.05) is 23.9 Å². The maximum atomic E-state index is 11.9. The highest BCUT2D eigenvalue weighted by atomic mass is 16.5. The van der Waals surface area contributed by atoms with Crippen LogP contribution in [0, 0.1) is 0 Å². The van der Waals surface area contributed by atoms with Gasteiger partial charge in [-0.2, -0.15) is 4.98 Å². The van der Waals surface area contributed by atoms with Gasteiger partial charge < -0.3 is 9.84 Å². The fraction of sp³-hybridized carbons (Fsp3) is 0.375. The first-order valence-corrected chi connectivity index (χ1v) is 7.09. The third-order valence-corrected chi connectivity index (χ3v) is 2.95. The van der Waals surface area contributed by atoms with E-state index in [1.165, 1.54) is 6.08 Å². The Bertz CT molecular complexity index is 656. The minimum Gasteiger partial charge on any atom is -0.341 e. The summed E-state index contributed by atoms with van der Waals surface area (Å²) in [5, 5.41) is 6.73. The standard InChI is InChI=1S/C16H20N4O2/c1-11(14-19-15(20-22-14)16(2,3)4)18-13(21)8-7-12-6-5-9-17-10-12/h5-11H,1-4H3,(H,18,21)/b8-7-/t11-/m0/s1. The average Bonchev–Trinajstić information content (AvgIpc) is 2.96. The highest BCUT2D eigenvalue weighted by molar-refractivity contribution is 5.91. The van der Waals surface area contributed by atoms with E-state index in [2.05, 4.69) is 20.4 Å². The van der Waals surface area contributed by atoms with Crippen molar-refractivity contribution in [3.05, 3.63) is 47.9 Å². The number of hydrogen-bond acceptors (Lipinski definition) is 5. The van der Waals surface area contributed by atoms with Crippen molar-refractivity contribution < 1.29 is 9.32 Å². The fourth-order valence-electron chi connectivity index (χ4n) is 1.69. The quantitative estimate of drug-likeness (QED) is 0.878. The van der Waals surface area contributed by atoms with Crippen molar-refractivity contribution in [2.24, 2.45) is 0 Å². The molecular weight excluding hydrogens is 280 g/mol. The second-order valence-corrected chi connectivity index (χ2v) is 6.06. The van der Waals surface area contributed by atoms with Crippen LogP contribution in [0.2, 0.25) is 0 Å². The summed E-state index contributed by atoms with van der Waals surface area (Å²) in [5.41, 5.74) is 0.671. The van der Waals surface area contributed by atoms with E-state index in [1.807, 2.05) is 32.9 Å². The minimum atomic E-state index is -0.352. The van der Waals surface area contributed by atoms with Crippen LogP contribution in [-0.2, 0) is 10.2 Å². The van der Waals surface area contributed by atoms with E-state index < -0.39 is 0 Å². The number of hydrogen-bond donors (Lipinski definition) is 1. The number of rotatable bonds is 4. The van der Waals surface area contributed by atoms with Crippen LogP contribution in [0.1, 0.15) is 51.0 Å². The van der Waals surface area contributed by atoms with Gasteiger partial charge in [0.1, 0.15) is 6.04 Å². The summed E-state index contributed by atoms with van der Waals surface area (Å²) < 4.78 is 5.21. The van der Waals surface area contributed by atoms with Crippen LogP contribution in [0.5, 0.6) is 0 Å². The monoisotopic (exact) mass is 300 g/mol. The van der Waals surface area contributed by atoms with Crippen molar-refractivity contribution in [3.8, 4) is 0 Å². The van der Waals surface area contributed by atoms with Crippen molar-refractivity contribution in [2.75, 3.05) is 0 Å². The Labute approximate surface area is 129 Å². The molecule has 0 aromatic carbocycles. The smallest absolute Gasteiger partial charge is 0.248 e. The van der Waals surface area contributed by atoms with Gasteiger partial charge in [-0.15, -0.1) is 0 Å². The van der Waals surface area contributed by atoms with Gasteiger partial charge in [0.15, 0.2) is 5.82 Å². The molecule has 0 fully saturated rings. The molecule has 0 aliphatic rings. The first-order chi connectivity index (χ1) is 10.4. The summed E-state index contributed by atoms with van der Waals surface area (Å²) in [7, 11) is 0. The lowest BCUT2D eigenvalue weighted by atomic mass is 9.96. The maximum Gasteiger partial charge on any atom is 0.248 e. The Morgan fingerprint density at radius 1 is 1.41 bits per heavy atom. The third kappa shape index (κ3) is 4.25. The summed E-state index contributed by atoms with van der Waals surface area (Å²) in [6.07, 6.45) is 6.51. The highest BCUT2D eigenvalue weighted by Gasteiger charge is 2.23. The van der Waals surface area contributed by atoms with Crippen molar-refractivity contribution in [2.45, 2.75) is 39.2 Å². The van der Waals surface area contributed by atoms with Gasteiger partial charge in [0.25, 0.3) is 0 Å². The first kappa shape index (κ1) is 15.9. The Morgan fingerprint density at radius 3 is 2.77 bits per heavy atom. The van der Waals surface area contributed by atoms with Crippen LogP contribution in [0.15, 0.2) is 35.1 Å². The molecule has 6 nitrogen and oxygen atoms in total. The van der Waals surface area contributed by atoms with Crippen LogP contribution in [0.25, 0.3) is 6.08 Å². The second-order valence-electron chi connectivity index (χ2n) is 6.06. The van der Waals surface area contributed by atoms with Crippen LogP contribution >= 0.6 is 0 Å². The van der Waals surface area contributed by atoms with Gasteiger partial charge in [-0.05, 0) is 24.6 Å². The Morgan fingerprint density at radius 2 is 2.18 bits per heavy atom. The molecule has 0 aliphatic heterocycles. The molecule has 0 spiro atoms. The van der Waals surface area contributed by atoms with Crippen molar-refractivity contribution in [3.63, 3.8) is 0 Å². The molecule has 2 rings (SSSR count). The second kappa shape index (κ2) is 6.51. The van der Waals surface area contributed by atoms with Crippen LogP contribution in [0.4, 0.5) is 0 Å². The topological polar surface area (TPSA) is 80.9 Å². The van der Waals surface area contributed by atoms with Crippen molar-refractivity contribution in [1.82, 2.24) is 20.4 Å². The van der Waals surface area contributed by atoms with Crippen LogP contribution < -0.4 is 5.32 Å². The van der Waals surface area contributed by atoms with Gasteiger partial charge >= 0.3 is 0 Å². The summed E-state index contributed by atoms with van der Waals surface area (Å²) in [6.45, 7) is 7.81. The highest BCUT2D eigenvalue weighted by Crippen LogP contribution is 2.20. The number of pyridine rings is 1. The zero-order valence-electron chi connectivity index (χ0n) is 13.2. The molecule has 1 atom stereocenters. The Kier molecular flexibility index (Phi) is 4.70. The van der Waals surface area contributed by atoms with E-state index in [1.54, 1.807) is 25.4 Å². The van der Waals surface area contributed by atoms with E-state index in [9.17, 15) is 4.79 Å². The summed E-state index contributed by atoms with van der Waals surface area (Å²) in [5.74, 6) is 0.786. The number of nitrogens with one attached hydrogen (secondary N) is 1. The molecule has 1 N–H and O–H groups in total. The third-order valence-electron chi connectivity index (χ3n) is 2.95. The van der Waals surface area contributed by atoms with E-state index in [0.29, 0.717) is 11.7 Å².